The van der Waals surface area contributed by atoms with Gasteiger partial charge in [0.25, 0.3) is 0 Å². The van der Waals surface area contributed by atoms with Gasteiger partial charge in [0.05, 0.1) is 11.8 Å². The smallest absolute Gasteiger partial charge is 0.309 e. The van der Waals surface area contributed by atoms with Gasteiger partial charge in [-0.3, -0.25) is 9.59 Å². The van der Waals surface area contributed by atoms with Crippen molar-refractivity contribution in [2.75, 3.05) is 0 Å². The zero-order valence-corrected chi connectivity index (χ0v) is 11.6. The zero-order chi connectivity index (χ0) is 13.6. The third-order valence-electron chi connectivity index (χ3n) is 5.12. The number of fused-ring (bicyclic) bond motifs is 1. The predicted molar refractivity (Wildman–Crippen MR) is 68.2 cm³/mol. The van der Waals surface area contributed by atoms with Crippen LogP contribution in [0.1, 0.15) is 46.0 Å². The second-order valence-electron chi connectivity index (χ2n) is 6.43. The van der Waals surface area contributed by atoms with E-state index in [1.165, 1.54) is 0 Å². The standard InChI is InChI=1S/C15H22O4/c1-3-8(2)14(16)19-13-9-4-11-5-10(13)7-12(6-9)18-15(11)17/h8-13H,3-7H2,1-2H3. The molecule has 0 aromatic carbocycles. The molecule has 4 aliphatic rings. The van der Waals surface area contributed by atoms with E-state index in [2.05, 4.69) is 0 Å². The van der Waals surface area contributed by atoms with E-state index < -0.39 is 0 Å². The second-order valence-corrected chi connectivity index (χ2v) is 6.43. The molecule has 4 fully saturated rings. The van der Waals surface area contributed by atoms with E-state index in [4.69, 9.17) is 9.47 Å². The molecule has 2 heterocycles. The highest BCUT2D eigenvalue weighted by Gasteiger charge is 2.51. The first kappa shape index (κ1) is 12.9. The summed E-state index contributed by atoms with van der Waals surface area (Å²) in [5.74, 6) is 0.551. The number of rotatable bonds is 3. The van der Waals surface area contributed by atoms with Crippen LogP contribution in [0.2, 0.25) is 0 Å². The van der Waals surface area contributed by atoms with Gasteiger partial charge in [-0.05, 0) is 32.1 Å². The minimum absolute atomic E-state index is 0.0171. The van der Waals surface area contributed by atoms with Crippen LogP contribution in [0, 0.1) is 23.7 Å². The molecule has 4 heteroatoms. The van der Waals surface area contributed by atoms with Crippen molar-refractivity contribution in [3.05, 3.63) is 0 Å². The highest BCUT2D eigenvalue weighted by molar-refractivity contribution is 5.74. The molecule has 2 aliphatic carbocycles. The maximum Gasteiger partial charge on any atom is 0.309 e. The molecule has 4 bridgehead atoms. The van der Waals surface area contributed by atoms with Crippen molar-refractivity contribution in [3.63, 3.8) is 0 Å². The maximum absolute atomic E-state index is 12.0. The number of hydrogen-bond donors (Lipinski definition) is 0. The number of hydrogen-bond acceptors (Lipinski definition) is 4. The predicted octanol–water partition coefficient (Wildman–Crippen LogP) is 2.31. The van der Waals surface area contributed by atoms with Gasteiger partial charge in [-0.1, -0.05) is 13.8 Å². The maximum atomic E-state index is 12.0. The van der Waals surface area contributed by atoms with Gasteiger partial charge in [0, 0.05) is 11.8 Å². The van der Waals surface area contributed by atoms with Gasteiger partial charge < -0.3 is 9.47 Å². The highest BCUT2D eigenvalue weighted by Crippen LogP contribution is 2.48. The van der Waals surface area contributed by atoms with Gasteiger partial charge in [0.2, 0.25) is 0 Å². The van der Waals surface area contributed by atoms with Gasteiger partial charge in [-0.15, -0.1) is 0 Å². The SMILES string of the molecule is CCC(C)C(=O)OC1C2CC3CC1CC(C2)C(=O)O3. The first-order chi connectivity index (χ1) is 9.08. The van der Waals surface area contributed by atoms with E-state index in [1.54, 1.807) is 0 Å². The second kappa shape index (κ2) is 4.80. The normalized spacial score (nSPS) is 41.6. The molecule has 19 heavy (non-hydrogen) atoms. The summed E-state index contributed by atoms with van der Waals surface area (Å²) in [4.78, 5) is 23.8. The third-order valence-corrected chi connectivity index (χ3v) is 5.12. The van der Waals surface area contributed by atoms with E-state index in [0.29, 0.717) is 11.8 Å². The fraction of sp³-hybridized carbons (Fsp3) is 0.867. The molecule has 106 valence electrons. The van der Waals surface area contributed by atoms with Crippen LogP contribution in [0.15, 0.2) is 0 Å². The molecule has 4 rings (SSSR count). The lowest BCUT2D eigenvalue weighted by Gasteiger charge is -2.43. The van der Waals surface area contributed by atoms with Crippen LogP contribution in [0.3, 0.4) is 0 Å². The summed E-state index contributed by atoms with van der Waals surface area (Å²) in [7, 11) is 0. The van der Waals surface area contributed by atoms with E-state index in [1.807, 2.05) is 13.8 Å². The lowest BCUT2D eigenvalue weighted by Crippen LogP contribution is -2.45. The zero-order valence-electron chi connectivity index (χ0n) is 11.6. The average molecular weight is 266 g/mol. The van der Waals surface area contributed by atoms with E-state index in [-0.39, 0.29) is 36.0 Å². The summed E-state index contributed by atoms with van der Waals surface area (Å²) in [5, 5.41) is 0. The van der Waals surface area contributed by atoms with Gasteiger partial charge >= 0.3 is 11.9 Å². The Balaban J connectivity index is 1.72. The number of esters is 2. The fourth-order valence-corrected chi connectivity index (χ4v) is 3.87. The monoisotopic (exact) mass is 266 g/mol. The summed E-state index contributed by atoms with van der Waals surface area (Å²) >= 11 is 0. The summed E-state index contributed by atoms with van der Waals surface area (Å²) in [5.41, 5.74) is 0. The Hall–Kier alpha value is -1.06. The molecule has 0 spiro atoms. The number of carbonyl (C=O) groups is 2. The Bertz CT molecular complexity index is 376. The van der Waals surface area contributed by atoms with Crippen molar-refractivity contribution in [1.82, 2.24) is 0 Å². The molecule has 4 nitrogen and oxygen atoms in total. The summed E-state index contributed by atoms with van der Waals surface area (Å²) in [6.07, 6.45) is 4.31. The van der Waals surface area contributed by atoms with Gasteiger partial charge in [-0.25, -0.2) is 0 Å². The van der Waals surface area contributed by atoms with Crippen LogP contribution in [0.25, 0.3) is 0 Å². The number of carbonyl (C=O) groups excluding carboxylic acids is 2. The largest absolute Gasteiger partial charge is 0.462 e. The highest BCUT2D eigenvalue weighted by atomic mass is 16.6. The molecule has 0 aromatic heterocycles. The van der Waals surface area contributed by atoms with Crippen LogP contribution >= 0.6 is 0 Å². The molecule has 2 aliphatic heterocycles. The molecule has 0 amide bonds. The Morgan fingerprint density at radius 3 is 2.53 bits per heavy atom. The van der Waals surface area contributed by atoms with Crippen LogP contribution in [0.4, 0.5) is 0 Å². The topological polar surface area (TPSA) is 52.6 Å². The summed E-state index contributed by atoms with van der Waals surface area (Å²) in [6, 6.07) is 0. The minimum Gasteiger partial charge on any atom is -0.462 e. The lowest BCUT2D eigenvalue weighted by atomic mass is 9.66. The Morgan fingerprint density at radius 2 is 1.95 bits per heavy atom. The Labute approximate surface area is 113 Å². The van der Waals surface area contributed by atoms with Crippen LogP contribution < -0.4 is 0 Å². The van der Waals surface area contributed by atoms with Crippen LogP contribution in [-0.4, -0.2) is 24.1 Å². The quantitative estimate of drug-likeness (QED) is 0.736. The van der Waals surface area contributed by atoms with Crippen molar-refractivity contribution in [2.24, 2.45) is 23.7 Å². The first-order valence-corrected chi connectivity index (χ1v) is 7.49. The average Bonchev–Trinajstić information content (AvgIpc) is 2.57. The van der Waals surface area contributed by atoms with E-state index >= 15 is 0 Å². The Morgan fingerprint density at radius 1 is 1.32 bits per heavy atom. The molecular weight excluding hydrogens is 244 g/mol. The van der Waals surface area contributed by atoms with Crippen LogP contribution in [-0.2, 0) is 19.1 Å². The molecule has 3 atom stereocenters. The summed E-state index contributed by atoms with van der Waals surface area (Å²) in [6.45, 7) is 3.91. The van der Waals surface area contributed by atoms with Crippen molar-refractivity contribution < 1.29 is 19.1 Å². The molecule has 0 N–H and O–H groups in total. The first-order valence-electron chi connectivity index (χ1n) is 7.49. The molecule has 0 aromatic rings. The molecular formula is C15H22O4. The molecule has 3 unspecified atom stereocenters. The van der Waals surface area contributed by atoms with Gasteiger partial charge in [0.1, 0.15) is 12.2 Å². The third kappa shape index (κ3) is 2.26. The van der Waals surface area contributed by atoms with E-state index in [0.717, 1.165) is 32.1 Å². The van der Waals surface area contributed by atoms with Gasteiger partial charge in [0.15, 0.2) is 0 Å². The minimum atomic E-state index is -0.0779. The van der Waals surface area contributed by atoms with Crippen molar-refractivity contribution >= 4 is 11.9 Å². The van der Waals surface area contributed by atoms with Crippen molar-refractivity contribution in [3.8, 4) is 0 Å². The van der Waals surface area contributed by atoms with Gasteiger partial charge in [-0.2, -0.15) is 0 Å². The van der Waals surface area contributed by atoms with E-state index in [9.17, 15) is 9.59 Å². The molecule has 2 saturated carbocycles. The number of ether oxygens (including phenoxy) is 2. The molecule has 0 radical (unpaired) electrons. The van der Waals surface area contributed by atoms with Crippen LogP contribution in [0.5, 0.6) is 0 Å². The molecule has 2 saturated heterocycles. The lowest BCUT2D eigenvalue weighted by molar-refractivity contribution is -0.167. The summed E-state index contributed by atoms with van der Waals surface area (Å²) < 4.78 is 11.2. The van der Waals surface area contributed by atoms with Crippen molar-refractivity contribution in [2.45, 2.75) is 58.2 Å². The fourth-order valence-electron chi connectivity index (χ4n) is 3.87. The Kier molecular flexibility index (Phi) is 3.27. The van der Waals surface area contributed by atoms with Crippen molar-refractivity contribution in [1.29, 1.82) is 0 Å².